The standard InChI is InChI=1S/C12H22N4O/c1-4-10(6-7-17)16-12-9(3)11(13-5-2)14-8-15-12/h8,10,17H,4-7H2,1-3H3,(H2,13,14,15,16). The summed E-state index contributed by atoms with van der Waals surface area (Å²) in [5, 5.41) is 15.5. The number of hydrogen-bond acceptors (Lipinski definition) is 5. The average molecular weight is 238 g/mol. The Morgan fingerprint density at radius 1 is 1.29 bits per heavy atom. The molecule has 0 spiro atoms. The summed E-state index contributed by atoms with van der Waals surface area (Å²) in [6.45, 7) is 7.15. The first-order valence-corrected chi connectivity index (χ1v) is 6.15. The van der Waals surface area contributed by atoms with Gasteiger partial charge in [-0.3, -0.25) is 0 Å². The van der Waals surface area contributed by atoms with E-state index >= 15 is 0 Å². The summed E-state index contributed by atoms with van der Waals surface area (Å²) in [4.78, 5) is 8.44. The van der Waals surface area contributed by atoms with E-state index < -0.39 is 0 Å². The molecule has 5 nitrogen and oxygen atoms in total. The van der Waals surface area contributed by atoms with Crippen molar-refractivity contribution in [1.82, 2.24) is 9.97 Å². The molecule has 1 aromatic heterocycles. The van der Waals surface area contributed by atoms with Crippen molar-refractivity contribution < 1.29 is 5.11 Å². The van der Waals surface area contributed by atoms with Crippen LogP contribution < -0.4 is 10.6 Å². The van der Waals surface area contributed by atoms with E-state index in [4.69, 9.17) is 5.11 Å². The fourth-order valence-electron chi connectivity index (χ4n) is 1.67. The summed E-state index contributed by atoms with van der Waals surface area (Å²) >= 11 is 0. The molecule has 0 aliphatic heterocycles. The van der Waals surface area contributed by atoms with Crippen LogP contribution in [0.3, 0.4) is 0 Å². The summed E-state index contributed by atoms with van der Waals surface area (Å²) in [6.07, 6.45) is 3.25. The average Bonchev–Trinajstić information content (AvgIpc) is 2.33. The first-order chi connectivity index (χ1) is 8.22. The molecule has 5 heteroatoms. The Balaban J connectivity index is 2.79. The van der Waals surface area contributed by atoms with Crippen molar-refractivity contribution in [3.63, 3.8) is 0 Å². The number of rotatable bonds is 7. The molecule has 1 aromatic rings. The van der Waals surface area contributed by atoms with Crippen LogP contribution in [0.4, 0.5) is 11.6 Å². The maximum atomic E-state index is 8.97. The summed E-state index contributed by atoms with van der Waals surface area (Å²) in [7, 11) is 0. The summed E-state index contributed by atoms with van der Waals surface area (Å²) in [6, 6.07) is 0.253. The number of hydrogen-bond donors (Lipinski definition) is 3. The quantitative estimate of drug-likeness (QED) is 0.675. The lowest BCUT2D eigenvalue weighted by Crippen LogP contribution is -2.21. The van der Waals surface area contributed by atoms with E-state index in [9.17, 15) is 0 Å². The smallest absolute Gasteiger partial charge is 0.134 e. The minimum atomic E-state index is 0.190. The van der Waals surface area contributed by atoms with Gasteiger partial charge in [0.05, 0.1) is 0 Å². The van der Waals surface area contributed by atoms with Gasteiger partial charge in [0, 0.05) is 24.8 Å². The summed E-state index contributed by atoms with van der Waals surface area (Å²) in [5.74, 6) is 1.71. The van der Waals surface area contributed by atoms with Crippen molar-refractivity contribution in [3.8, 4) is 0 Å². The van der Waals surface area contributed by atoms with Gasteiger partial charge in [-0.05, 0) is 26.7 Å². The number of aromatic nitrogens is 2. The third-order valence-corrected chi connectivity index (χ3v) is 2.74. The maximum Gasteiger partial charge on any atom is 0.134 e. The van der Waals surface area contributed by atoms with Crippen LogP contribution in [0.2, 0.25) is 0 Å². The lowest BCUT2D eigenvalue weighted by molar-refractivity contribution is 0.278. The van der Waals surface area contributed by atoms with Crippen LogP contribution in [0.15, 0.2) is 6.33 Å². The van der Waals surface area contributed by atoms with E-state index in [0.717, 1.165) is 36.6 Å². The molecule has 0 aromatic carbocycles. The first kappa shape index (κ1) is 13.7. The van der Waals surface area contributed by atoms with E-state index in [-0.39, 0.29) is 12.6 Å². The fourth-order valence-corrected chi connectivity index (χ4v) is 1.67. The molecule has 0 radical (unpaired) electrons. The maximum absolute atomic E-state index is 8.97. The Morgan fingerprint density at radius 2 is 2.00 bits per heavy atom. The highest BCUT2D eigenvalue weighted by atomic mass is 16.3. The Bertz CT molecular complexity index is 343. The van der Waals surface area contributed by atoms with Gasteiger partial charge in [0.1, 0.15) is 18.0 Å². The van der Waals surface area contributed by atoms with Crippen LogP contribution in [-0.4, -0.2) is 34.3 Å². The van der Waals surface area contributed by atoms with Crippen molar-refractivity contribution >= 4 is 11.6 Å². The molecule has 1 atom stereocenters. The van der Waals surface area contributed by atoms with E-state index in [1.54, 1.807) is 6.33 Å². The van der Waals surface area contributed by atoms with Gasteiger partial charge in [-0.1, -0.05) is 6.92 Å². The van der Waals surface area contributed by atoms with E-state index in [0.29, 0.717) is 0 Å². The highest BCUT2D eigenvalue weighted by Crippen LogP contribution is 2.19. The molecule has 1 heterocycles. The zero-order valence-corrected chi connectivity index (χ0v) is 10.8. The second kappa shape index (κ2) is 7.06. The van der Waals surface area contributed by atoms with Crippen LogP contribution >= 0.6 is 0 Å². The molecular weight excluding hydrogens is 216 g/mol. The van der Waals surface area contributed by atoms with Gasteiger partial charge in [0.2, 0.25) is 0 Å². The molecule has 17 heavy (non-hydrogen) atoms. The normalized spacial score (nSPS) is 12.2. The Labute approximate surface area is 103 Å². The molecule has 0 aliphatic carbocycles. The minimum Gasteiger partial charge on any atom is -0.396 e. The molecule has 0 aliphatic rings. The van der Waals surface area contributed by atoms with Gasteiger partial charge >= 0.3 is 0 Å². The Kier molecular flexibility index (Phi) is 5.69. The largest absolute Gasteiger partial charge is 0.396 e. The topological polar surface area (TPSA) is 70.1 Å². The van der Waals surface area contributed by atoms with E-state index in [1.165, 1.54) is 0 Å². The third kappa shape index (κ3) is 3.85. The van der Waals surface area contributed by atoms with Gasteiger partial charge in [-0.25, -0.2) is 9.97 Å². The van der Waals surface area contributed by atoms with Crippen LogP contribution in [-0.2, 0) is 0 Å². The first-order valence-electron chi connectivity index (χ1n) is 6.15. The van der Waals surface area contributed by atoms with Gasteiger partial charge in [-0.2, -0.15) is 0 Å². The minimum absolute atomic E-state index is 0.190. The van der Waals surface area contributed by atoms with Crippen molar-refractivity contribution in [2.45, 2.75) is 39.7 Å². The summed E-state index contributed by atoms with van der Waals surface area (Å²) < 4.78 is 0. The van der Waals surface area contributed by atoms with Gasteiger partial charge in [0.15, 0.2) is 0 Å². The second-order valence-electron chi connectivity index (χ2n) is 3.99. The molecule has 1 unspecified atom stereocenters. The van der Waals surface area contributed by atoms with Crippen LogP contribution in [0.25, 0.3) is 0 Å². The molecule has 0 saturated heterocycles. The van der Waals surface area contributed by atoms with E-state index in [1.807, 2.05) is 13.8 Å². The number of nitrogens with zero attached hydrogens (tertiary/aromatic N) is 2. The zero-order valence-electron chi connectivity index (χ0n) is 10.8. The number of nitrogens with one attached hydrogen (secondary N) is 2. The molecule has 1 rings (SSSR count). The van der Waals surface area contributed by atoms with Crippen molar-refractivity contribution in [2.24, 2.45) is 0 Å². The fraction of sp³-hybridized carbons (Fsp3) is 0.667. The highest BCUT2D eigenvalue weighted by molar-refractivity contribution is 5.56. The molecule has 0 saturated carbocycles. The van der Waals surface area contributed by atoms with Gasteiger partial charge in [0.25, 0.3) is 0 Å². The lowest BCUT2D eigenvalue weighted by atomic mass is 10.1. The Morgan fingerprint density at radius 3 is 2.59 bits per heavy atom. The Hall–Kier alpha value is -1.36. The van der Waals surface area contributed by atoms with Gasteiger partial charge < -0.3 is 15.7 Å². The summed E-state index contributed by atoms with van der Waals surface area (Å²) in [5.41, 5.74) is 1.02. The second-order valence-corrected chi connectivity index (χ2v) is 3.99. The number of anilines is 2. The van der Waals surface area contributed by atoms with Crippen LogP contribution in [0.1, 0.15) is 32.3 Å². The molecule has 0 fully saturated rings. The zero-order chi connectivity index (χ0) is 12.7. The molecule has 3 N–H and O–H groups in total. The molecular formula is C12H22N4O. The SMILES string of the molecule is CCNc1ncnc(NC(CC)CCO)c1C. The monoisotopic (exact) mass is 238 g/mol. The van der Waals surface area contributed by atoms with Crippen molar-refractivity contribution in [3.05, 3.63) is 11.9 Å². The van der Waals surface area contributed by atoms with Crippen LogP contribution in [0, 0.1) is 6.92 Å². The molecule has 0 amide bonds. The predicted molar refractivity (Wildman–Crippen MR) is 70.3 cm³/mol. The predicted octanol–water partition coefficient (Wildman–Crippen LogP) is 1.79. The lowest BCUT2D eigenvalue weighted by Gasteiger charge is -2.18. The van der Waals surface area contributed by atoms with Crippen LogP contribution in [0.5, 0.6) is 0 Å². The third-order valence-electron chi connectivity index (χ3n) is 2.74. The number of aliphatic hydroxyl groups excluding tert-OH is 1. The van der Waals surface area contributed by atoms with Gasteiger partial charge in [-0.15, -0.1) is 0 Å². The van der Waals surface area contributed by atoms with E-state index in [2.05, 4.69) is 27.5 Å². The van der Waals surface area contributed by atoms with Crippen molar-refractivity contribution in [2.75, 3.05) is 23.8 Å². The van der Waals surface area contributed by atoms with Crippen molar-refractivity contribution in [1.29, 1.82) is 0 Å². The molecule has 96 valence electrons. The molecule has 0 bridgehead atoms. The highest BCUT2D eigenvalue weighted by Gasteiger charge is 2.10. The number of aliphatic hydroxyl groups is 1.